The highest BCUT2D eigenvalue weighted by Gasteiger charge is 2.44. The predicted octanol–water partition coefficient (Wildman–Crippen LogP) is 1.39. The molecule has 174 valence electrons. The van der Waals surface area contributed by atoms with Crippen LogP contribution in [0.4, 0.5) is 14.9 Å². The zero-order valence-electron chi connectivity index (χ0n) is 17.2. The van der Waals surface area contributed by atoms with Gasteiger partial charge in [-0.05, 0) is 23.8 Å². The van der Waals surface area contributed by atoms with Crippen LogP contribution in [0.25, 0.3) is 0 Å². The van der Waals surface area contributed by atoms with Crippen LogP contribution in [0.2, 0.25) is 0 Å². The molecule has 1 aliphatic heterocycles. The zero-order valence-corrected chi connectivity index (χ0v) is 17.2. The molecule has 0 saturated heterocycles. The molecule has 2 aromatic carbocycles. The molecule has 1 aromatic heterocycles. The van der Waals surface area contributed by atoms with E-state index in [1.807, 2.05) is 0 Å². The largest absolute Gasteiger partial charge is 0.501 e. The molecule has 34 heavy (non-hydrogen) atoms. The number of aliphatic hydroxyl groups is 1. The maximum Gasteiger partial charge on any atom is 0.412 e. The van der Waals surface area contributed by atoms with Crippen LogP contribution in [0.3, 0.4) is 0 Å². The Bertz CT molecular complexity index is 1360. The van der Waals surface area contributed by atoms with E-state index < -0.39 is 58.6 Å². The van der Waals surface area contributed by atoms with Crippen molar-refractivity contribution in [2.45, 2.75) is 18.7 Å². The number of nitrogens with zero attached hydrogens (tertiary/aromatic N) is 2. The van der Waals surface area contributed by atoms with Gasteiger partial charge in [-0.1, -0.05) is 30.3 Å². The SMILES string of the molecule is O=C(NCc1ccc(F)cc1)c1nc(C2C(=O)C(O)c3ccccc3N2C(=O)O)[nH]c(=O)c1O. The number of halogens is 1. The van der Waals surface area contributed by atoms with Crippen LogP contribution in [-0.4, -0.2) is 43.1 Å². The average Bonchev–Trinajstić information content (AvgIpc) is 2.82. The van der Waals surface area contributed by atoms with Crippen LogP contribution in [0.15, 0.2) is 53.3 Å². The number of nitrogens with one attached hydrogen (secondary N) is 2. The number of aliphatic hydroxyl groups excluding tert-OH is 1. The molecule has 0 saturated carbocycles. The van der Waals surface area contributed by atoms with Crippen LogP contribution in [0, 0.1) is 5.82 Å². The number of aromatic hydroxyl groups is 1. The maximum absolute atomic E-state index is 13.0. The molecule has 2 heterocycles. The molecule has 2 atom stereocenters. The Hall–Kier alpha value is -4.58. The minimum Gasteiger partial charge on any atom is -0.501 e. The Morgan fingerprint density at radius 3 is 2.47 bits per heavy atom. The summed E-state index contributed by atoms with van der Waals surface area (Å²) in [6.07, 6.45) is -3.29. The van der Waals surface area contributed by atoms with E-state index in [0.29, 0.717) is 10.5 Å². The molecule has 0 bridgehead atoms. The fraction of sp³-hybridized carbons (Fsp3) is 0.136. The van der Waals surface area contributed by atoms with Gasteiger partial charge in [-0.3, -0.25) is 19.3 Å². The first-order valence-electron chi connectivity index (χ1n) is 9.87. The topological polar surface area (TPSA) is 173 Å². The van der Waals surface area contributed by atoms with Crippen molar-refractivity contribution in [2.24, 2.45) is 0 Å². The van der Waals surface area contributed by atoms with Gasteiger partial charge in [-0.25, -0.2) is 14.2 Å². The van der Waals surface area contributed by atoms with E-state index in [4.69, 9.17) is 0 Å². The van der Waals surface area contributed by atoms with Gasteiger partial charge in [0.05, 0.1) is 5.69 Å². The number of benzene rings is 2. The van der Waals surface area contributed by atoms with Crippen LogP contribution in [-0.2, 0) is 11.3 Å². The summed E-state index contributed by atoms with van der Waals surface area (Å²) in [5.74, 6) is -4.09. The van der Waals surface area contributed by atoms with Crippen molar-refractivity contribution < 1.29 is 34.1 Å². The van der Waals surface area contributed by atoms with Crippen LogP contribution < -0.4 is 15.8 Å². The maximum atomic E-state index is 13.0. The molecule has 2 unspecified atom stereocenters. The number of hydrogen-bond donors (Lipinski definition) is 5. The van der Waals surface area contributed by atoms with Gasteiger partial charge in [0.15, 0.2) is 17.5 Å². The van der Waals surface area contributed by atoms with Crippen molar-refractivity contribution in [3.05, 3.63) is 87.3 Å². The third kappa shape index (κ3) is 3.97. The Morgan fingerprint density at radius 2 is 1.79 bits per heavy atom. The number of aromatic nitrogens is 2. The van der Waals surface area contributed by atoms with Gasteiger partial charge < -0.3 is 25.6 Å². The molecule has 0 fully saturated rings. The number of aromatic amines is 1. The van der Waals surface area contributed by atoms with E-state index in [9.17, 15) is 38.9 Å². The zero-order chi connectivity index (χ0) is 24.6. The lowest BCUT2D eigenvalue weighted by molar-refractivity contribution is -0.129. The molecule has 0 spiro atoms. The van der Waals surface area contributed by atoms with E-state index in [1.54, 1.807) is 0 Å². The summed E-state index contributed by atoms with van der Waals surface area (Å²) in [5, 5.41) is 32.7. The second-order valence-electron chi connectivity index (χ2n) is 7.38. The molecule has 12 heteroatoms. The van der Waals surface area contributed by atoms with E-state index in [-0.39, 0.29) is 17.8 Å². The van der Waals surface area contributed by atoms with Crippen molar-refractivity contribution in [1.82, 2.24) is 15.3 Å². The van der Waals surface area contributed by atoms with Crippen molar-refractivity contribution in [3.63, 3.8) is 0 Å². The third-order valence-electron chi connectivity index (χ3n) is 5.25. The Labute approximate surface area is 190 Å². The van der Waals surface area contributed by atoms with Crippen molar-refractivity contribution >= 4 is 23.5 Å². The number of Topliss-reactive ketones (excluding diaryl/α,β-unsaturated/α-hetero) is 1. The monoisotopic (exact) mass is 468 g/mol. The highest BCUT2D eigenvalue weighted by molar-refractivity contribution is 6.04. The summed E-state index contributed by atoms with van der Waals surface area (Å²) in [5.41, 5.74) is -1.40. The Kier molecular flexibility index (Phi) is 5.82. The molecular formula is C22H17FN4O7. The fourth-order valence-electron chi connectivity index (χ4n) is 3.62. The van der Waals surface area contributed by atoms with Crippen LogP contribution in [0.5, 0.6) is 5.75 Å². The summed E-state index contributed by atoms with van der Waals surface area (Å²) in [7, 11) is 0. The number of carboxylic acid groups (broad SMARTS) is 1. The molecule has 4 rings (SSSR count). The molecular weight excluding hydrogens is 451 g/mol. The lowest BCUT2D eigenvalue weighted by atomic mass is 9.91. The Balaban J connectivity index is 1.72. The van der Waals surface area contributed by atoms with Gasteiger partial charge in [-0.2, -0.15) is 0 Å². The minimum atomic E-state index is -1.79. The van der Waals surface area contributed by atoms with Gasteiger partial charge in [0.25, 0.3) is 11.5 Å². The molecule has 5 N–H and O–H groups in total. The number of carbonyl (C=O) groups excluding carboxylic acids is 2. The van der Waals surface area contributed by atoms with Crippen LogP contribution in [0.1, 0.15) is 39.6 Å². The first-order chi connectivity index (χ1) is 16.2. The highest BCUT2D eigenvalue weighted by Crippen LogP contribution is 2.40. The number of amides is 2. The number of para-hydroxylation sites is 1. The normalized spacial score (nSPS) is 17.2. The number of ketones is 1. The first-order valence-corrected chi connectivity index (χ1v) is 9.87. The van der Waals surface area contributed by atoms with Crippen molar-refractivity contribution in [3.8, 4) is 5.75 Å². The van der Waals surface area contributed by atoms with Gasteiger partial charge in [0, 0.05) is 12.1 Å². The first kappa shape index (κ1) is 22.6. The average molecular weight is 468 g/mol. The van der Waals surface area contributed by atoms with E-state index in [2.05, 4.69) is 15.3 Å². The van der Waals surface area contributed by atoms with Crippen LogP contribution >= 0.6 is 0 Å². The second-order valence-corrected chi connectivity index (χ2v) is 7.38. The predicted molar refractivity (Wildman–Crippen MR) is 114 cm³/mol. The number of H-pyrrole nitrogens is 1. The number of carbonyl (C=O) groups is 3. The minimum absolute atomic E-state index is 0.00913. The van der Waals surface area contributed by atoms with Gasteiger partial charge in [0.1, 0.15) is 17.7 Å². The second kappa shape index (κ2) is 8.75. The van der Waals surface area contributed by atoms with E-state index in [1.165, 1.54) is 48.5 Å². The summed E-state index contributed by atoms with van der Waals surface area (Å²) in [6.45, 7) is -0.0991. The smallest absolute Gasteiger partial charge is 0.412 e. The lowest BCUT2D eigenvalue weighted by Gasteiger charge is -2.35. The molecule has 1 aliphatic rings. The molecule has 3 aromatic rings. The van der Waals surface area contributed by atoms with Gasteiger partial charge in [0.2, 0.25) is 5.75 Å². The third-order valence-corrected chi connectivity index (χ3v) is 5.25. The quantitative estimate of drug-likeness (QED) is 0.382. The highest BCUT2D eigenvalue weighted by atomic mass is 19.1. The summed E-state index contributed by atoms with van der Waals surface area (Å²) < 4.78 is 13.0. The molecule has 0 radical (unpaired) electrons. The van der Waals surface area contributed by atoms with E-state index >= 15 is 0 Å². The number of fused-ring (bicyclic) bond motifs is 1. The molecule has 0 aliphatic carbocycles. The lowest BCUT2D eigenvalue weighted by Crippen LogP contribution is -2.46. The fourth-order valence-corrected chi connectivity index (χ4v) is 3.62. The van der Waals surface area contributed by atoms with Crippen molar-refractivity contribution in [2.75, 3.05) is 4.90 Å². The van der Waals surface area contributed by atoms with Gasteiger partial charge in [-0.15, -0.1) is 0 Å². The molecule has 11 nitrogen and oxygen atoms in total. The summed E-state index contributed by atoms with van der Waals surface area (Å²) >= 11 is 0. The number of rotatable bonds is 4. The van der Waals surface area contributed by atoms with Gasteiger partial charge >= 0.3 is 6.09 Å². The number of hydrogen-bond acceptors (Lipinski definition) is 7. The summed E-state index contributed by atoms with van der Waals surface area (Å²) in [6, 6.07) is 9.15. The Morgan fingerprint density at radius 1 is 1.12 bits per heavy atom. The molecule has 2 amide bonds. The van der Waals surface area contributed by atoms with Crippen molar-refractivity contribution in [1.29, 1.82) is 0 Å². The number of anilines is 1. The summed E-state index contributed by atoms with van der Waals surface area (Å²) in [4.78, 5) is 56.5. The standard InChI is InChI=1S/C22H17FN4O7/c23-11-7-5-10(6-8-11)9-24-20(31)14-17(29)21(32)26-19(25-14)15-18(30)16(28)12-3-1-2-4-13(12)27(15)22(33)34/h1-8,15-16,28-29H,9H2,(H,24,31)(H,33,34)(H,25,26,32). The van der Waals surface area contributed by atoms with E-state index in [0.717, 1.165) is 0 Å².